The van der Waals surface area contributed by atoms with Gasteiger partial charge in [0.2, 0.25) is 0 Å². The van der Waals surface area contributed by atoms with Gasteiger partial charge in [0, 0.05) is 7.05 Å². The van der Waals surface area contributed by atoms with Crippen LogP contribution in [-0.4, -0.2) is 40.1 Å². The first-order valence-corrected chi connectivity index (χ1v) is 5.44. The third-order valence-electron chi connectivity index (χ3n) is 2.61. The van der Waals surface area contributed by atoms with Crippen LogP contribution in [0.15, 0.2) is 18.2 Å². The third-order valence-corrected chi connectivity index (χ3v) is 2.61. The van der Waals surface area contributed by atoms with E-state index in [9.17, 15) is 4.79 Å². The molecule has 1 heterocycles. The molecule has 1 aromatic heterocycles. The molecule has 0 saturated heterocycles. The van der Waals surface area contributed by atoms with Crippen molar-refractivity contribution in [2.75, 3.05) is 14.2 Å². The fraction of sp³-hybridized carbons (Fsp3) is 0.250. The summed E-state index contributed by atoms with van der Waals surface area (Å²) in [5.74, 6) is -0.0218. The van der Waals surface area contributed by atoms with Gasteiger partial charge in [0.1, 0.15) is 17.1 Å². The average Bonchev–Trinajstić information content (AvgIpc) is 2.79. The molecular weight excluding hydrogens is 250 g/mol. The van der Waals surface area contributed by atoms with Gasteiger partial charge in [0.15, 0.2) is 5.82 Å². The van der Waals surface area contributed by atoms with Gasteiger partial charge in [0.05, 0.1) is 14.2 Å². The van der Waals surface area contributed by atoms with Crippen LogP contribution in [0.3, 0.4) is 0 Å². The Morgan fingerprint density at radius 2 is 1.84 bits per heavy atom. The number of carbonyl (C=O) groups is 1. The van der Waals surface area contributed by atoms with Gasteiger partial charge in [-0.2, -0.15) is 0 Å². The van der Waals surface area contributed by atoms with E-state index >= 15 is 0 Å². The van der Waals surface area contributed by atoms with E-state index in [-0.39, 0.29) is 5.82 Å². The van der Waals surface area contributed by atoms with Crippen molar-refractivity contribution >= 4 is 5.97 Å². The number of carboxylic acids is 1. The minimum absolute atomic E-state index is 0.273. The molecule has 19 heavy (non-hydrogen) atoms. The van der Waals surface area contributed by atoms with Crippen LogP contribution in [0.5, 0.6) is 11.5 Å². The van der Waals surface area contributed by atoms with Crippen LogP contribution < -0.4 is 9.47 Å². The SMILES string of the molecule is COc1cccc(OC)c1-c1nc(C(=O)O)nn1C. The Morgan fingerprint density at radius 1 is 1.26 bits per heavy atom. The van der Waals surface area contributed by atoms with Gasteiger partial charge in [0.25, 0.3) is 5.82 Å². The number of methoxy groups -OCH3 is 2. The van der Waals surface area contributed by atoms with Gasteiger partial charge >= 0.3 is 5.97 Å². The van der Waals surface area contributed by atoms with Gasteiger partial charge in [-0.1, -0.05) is 6.07 Å². The number of nitrogens with zero attached hydrogens (tertiary/aromatic N) is 3. The number of benzene rings is 1. The molecule has 0 aliphatic heterocycles. The highest BCUT2D eigenvalue weighted by atomic mass is 16.5. The second kappa shape index (κ2) is 4.97. The van der Waals surface area contributed by atoms with Crippen molar-refractivity contribution in [3.05, 3.63) is 24.0 Å². The Labute approximate surface area is 109 Å². The maximum Gasteiger partial charge on any atom is 0.375 e. The number of hydrogen-bond acceptors (Lipinski definition) is 5. The first-order valence-electron chi connectivity index (χ1n) is 5.44. The molecule has 0 aliphatic rings. The monoisotopic (exact) mass is 263 g/mol. The number of hydrogen-bond donors (Lipinski definition) is 1. The van der Waals surface area contributed by atoms with Gasteiger partial charge in [-0.25, -0.2) is 14.5 Å². The molecule has 1 aromatic carbocycles. The van der Waals surface area contributed by atoms with Crippen molar-refractivity contribution in [3.63, 3.8) is 0 Å². The molecule has 0 atom stereocenters. The largest absolute Gasteiger partial charge is 0.496 e. The smallest absolute Gasteiger partial charge is 0.375 e. The van der Waals surface area contributed by atoms with E-state index in [1.54, 1.807) is 25.2 Å². The lowest BCUT2D eigenvalue weighted by molar-refractivity contribution is 0.0683. The van der Waals surface area contributed by atoms with E-state index in [0.717, 1.165) is 0 Å². The van der Waals surface area contributed by atoms with Gasteiger partial charge in [-0.15, -0.1) is 5.10 Å². The van der Waals surface area contributed by atoms with Crippen LogP contribution in [0.25, 0.3) is 11.4 Å². The van der Waals surface area contributed by atoms with Crippen LogP contribution in [0.4, 0.5) is 0 Å². The zero-order valence-corrected chi connectivity index (χ0v) is 10.7. The molecule has 0 radical (unpaired) electrons. The topological polar surface area (TPSA) is 86.5 Å². The highest BCUT2D eigenvalue weighted by Crippen LogP contribution is 2.36. The maximum atomic E-state index is 10.9. The number of ether oxygens (including phenoxy) is 2. The lowest BCUT2D eigenvalue weighted by Crippen LogP contribution is -2.00. The molecule has 0 amide bonds. The molecule has 0 unspecified atom stereocenters. The third kappa shape index (κ3) is 2.22. The Bertz CT molecular complexity index is 599. The number of rotatable bonds is 4. The molecule has 0 aliphatic carbocycles. The molecule has 100 valence electrons. The van der Waals surface area contributed by atoms with Crippen LogP contribution in [0.1, 0.15) is 10.6 Å². The van der Waals surface area contributed by atoms with Crippen molar-refractivity contribution in [1.82, 2.24) is 14.8 Å². The molecule has 2 rings (SSSR count). The van der Waals surface area contributed by atoms with Gasteiger partial charge in [-0.3, -0.25) is 0 Å². The second-order valence-corrected chi connectivity index (χ2v) is 3.73. The summed E-state index contributed by atoms with van der Waals surface area (Å²) in [4.78, 5) is 14.9. The second-order valence-electron chi connectivity index (χ2n) is 3.73. The van der Waals surface area contributed by atoms with Crippen LogP contribution in [-0.2, 0) is 7.05 Å². The first kappa shape index (κ1) is 12.9. The standard InChI is InChI=1S/C12H13N3O4/c1-15-11(13-10(14-15)12(16)17)9-7(18-2)5-4-6-8(9)19-3/h4-6H,1-3H3,(H,16,17). The fourth-order valence-corrected chi connectivity index (χ4v) is 1.76. The average molecular weight is 263 g/mol. The fourth-order valence-electron chi connectivity index (χ4n) is 1.76. The molecule has 7 heteroatoms. The van der Waals surface area contributed by atoms with Gasteiger partial charge < -0.3 is 14.6 Å². The molecule has 0 fully saturated rings. The molecule has 0 bridgehead atoms. The van der Waals surface area contributed by atoms with Crippen molar-refractivity contribution in [2.45, 2.75) is 0 Å². The predicted octanol–water partition coefficient (Wildman–Crippen LogP) is 1.20. The zero-order chi connectivity index (χ0) is 14.0. The summed E-state index contributed by atoms with van der Waals surface area (Å²) in [6.45, 7) is 0. The summed E-state index contributed by atoms with van der Waals surface area (Å²) < 4.78 is 11.9. The van der Waals surface area contributed by atoms with E-state index in [4.69, 9.17) is 14.6 Å². The Kier molecular flexibility index (Phi) is 3.37. The number of aromatic nitrogens is 3. The van der Waals surface area contributed by atoms with E-state index in [2.05, 4.69) is 10.1 Å². The maximum absolute atomic E-state index is 10.9. The Morgan fingerprint density at radius 3 is 2.26 bits per heavy atom. The Hall–Kier alpha value is -2.57. The minimum Gasteiger partial charge on any atom is -0.496 e. The van der Waals surface area contributed by atoms with Crippen LogP contribution in [0.2, 0.25) is 0 Å². The summed E-state index contributed by atoms with van der Waals surface area (Å²) in [6.07, 6.45) is 0. The van der Waals surface area contributed by atoms with Crippen molar-refractivity contribution in [1.29, 1.82) is 0 Å². The van der Waals surface area contributed by atoms with Crippen molar-refractivity contribution in [2.24, 2.45) is 7.05 Å². The summed E-state index contributed by atoms with van der Waals surface area (Å²) >= 11 is 0. The molecule has 1 N–H and O–H groups in total. The van der Waals surface area contributed by atoms with Crippen LogP contribution >= 0.6 is 0 Å². The van der Waals surface area contributed by atoms with Crippen LogP contribution in [0, 0.1) is 0 Å². The summed E-state index contributed by atoms with van der Waals surface area (Å²) in [5.41, 5.74) is 0.565. The highest BCUT2D eigenvalue weighted by molar-refractivity contribution is 5.84. The normalized spacial score (nSPS) is 10.3. The lowest BCUT2D eigenvalue weighted by atomic mass is 10.1. The highest BCUT2D eigenvalue weighted by Gasteiger charge is 2.21. The summed E-state index contributed by atoms with van der Waals surface area (Å²) in [7, 11) is 4.65. The lowest BCUT2D eigenvalue weighted by Gasteiger charge is -2.11. The molecular formula is C12H13N3O4. The van der Waals surface area contributed by atoms with E-state index in [1.165, 1.54) is 18.9 Å². The predicted molar refractivity (Wildman–Crippen MR) is 66.5 cm³/mol. The first-order chi connectivity index (χ1) is 9.08. The summed E-state index contributed by atoms with van der Waals surface area (Å²) in [5, 5.41) is 12.8. The summed E-state index contributed by atoms with van der Waals surface area (Å²) in [6, 6.07) is 5.26. The molecule has 0 spiro atoms. The molecule has 7 nitrogen and oxygen atoms in total. The number of aromatic carboxylic acids is 1. The quantitative estimate of drug-likeness (QED) is 0.891. The number of aryl methyl sites for hydroxylation is 1. The molecule has 0 saturated carbocycles. The zero-order valence-electron chi connectivity index (χ0n) is 10.7. The van der Waals surface area contributed by atoms with Crippen molar-refractivity contribution < 1.29 is 19.4 Å². The number of carboxylic acid groups (broad SMARTS) is 1. The molecule has 2 aromatic rings. The minimum atomic E-state index is -1.18. The van der Waals surface area contributed by atoms with E-state index in [1.807, 2.05) is 0 Å². The van der Waals surface area contributed by atoms with E-state index in [0.29, 0.717) is 22.9 Å². The van der Waals surface area contributed by atoms with E-state index < -0.39 is 5.97 Å². The van der Waals surface area contributed by atoms with Gasteiger partial charge in [-0.05, 0) is 12.1 Å². The Balaban J connectivity index is 2.67. The van der Waals surface area contributed by atoms with Crippen molar-refractivity contribution in [3.8, 4) is 22.9 Å².